The Hall–Kier alpha value is -1.09. The predicted molar refractivity (Wildman–Crippen MR) is 73.7 cm³/mol. The number of nitrogens with zero attached hydrogens (tertiary/aromatic N) is 1. The van der Waals surface area contributed by atoms with E-state index in [0.717, 1.165) is 30.0 Å². The van der Waals surface area contributed by atoms with Crippen LogP contribution in [0, 0.1) is 0 Å². The molecule has 0 spiro atoms. The smallest absolute Gasteiger partial charge is 0.218 e. The van der Waals surface area contributed by atoms with Crippen LogP contribution in [0.3, 0.4) is 0 Å². The summed E-state index contributed by atoms with van der Waals surface area (Å²) in [6, 6.07) is 4.11. The zero-order chi connectivity index (χ0) is 13.2. The molecule has 0 bridgehead atoms. The molecule has 0 atom stereocenters. The quantitative estimate of drug-likeness (QED) is 0.893. The van der Waals surface area contributed by atoms with Crippen molar-refractivity contribution in [3.05, 3.63) is 23.4 Å². The Labute approximate surface area is 110 Å². The van der Waals surface area contributed by atoms with E-state index in [2.05, 4.69) is 37.9 Å². The first-order valence-corrected chi connectivity index (χ1v) is 6.88. The zero-order valence-electron chi connectivity index (χ0n) is 11.7. The Bertz CT molecular complexity index is 403. The van der Waals surface area contributed by atoms with E-state index in [9.17, 15) is 0 Å². The highest BCUT2D eigenvalue weighted by atomic mass is 16.5. The van der Waals surface area contributed by atoms with Crippen LogP contribution in [0.2, 0.25) is 0 Å². The summed E-state index contributed by atoms with van der Waals surface area (Å²) in [5.74, 6) is 0.747. The Balaban J connectivity index is 2.24. The van der Waals surface area contributed by atoms with E-state index in [0.29, 0.717) is 12.6 Å². The minimum atomic E-state index is 0.0426. The van der Waals surface area contributed by atoms with Gasteiger partial charge in [0.2, 0.25) is 5.88 Å². The van der Waals surface area contributed by atoms with Crippen LogP contribution in [-0.2, 0) is 12.0 Å². The van der Waals surface area contributed by atoms with Gasteiger partial charge in [0, 0.05) is 23.2 Å². The largest absolute Gasteiger partial charge is 0.474 e. The molecule has 1 aromatic rings. The molecule has 0 aromatic carbocycles. The highest BCUT2D eigenvalue weighted by Crippen LogP contribution is 2.28. The van der Waals surface area contributed by atoms with E-state index >= 15 is 0 Å². The number of pyridine rings is 1. The lowest BCUT2D eigenvalue weighted by molar-refractivity contribution is 0.198. The van der Waals surface area contributed by atoms with Crippen molar-refractivity contribution < 1.29 is 4.74 Å². The molecule has 3 heteroatoms. The number of ether oxygens (including phenoxy) is 1. The van der Waals surface area contributed by atoms with Crippen molar-refractivity contribution in [1.82, 2.24) is 4.98 Å². The van der Waals surface area contributed by atoms with Crippen LogP contribution in [0.1, 0.15) is 57.7 Å². The molecule has 2 N–H and O–H groups in total. The van der Waals surface area contributed by atoms with E-state index in [1.54, 1.807) is 0 Å². The fourth-order valence-electron chi connectivity index (χ4n) is 2.31. The van der Waals surface area contributed by atoms with Crippen molar-refractivity contribution in [2.24, 2.45) is 5.73 Å². The van der Waals surface area contributed by atoms with Gasteiger partial charge in [0.05, 0.1) is 0 Å². The zero-order valence-corrected chi connectivity index (χ0v) is 11.7. The number of hydrogen-bond donors (Lipinski definition) is 1. The number of hydrogen-bond acceptors (Lipinski definition) is 3. The van der Waals surface area contributed by atoms with Gasteiger partial charge in [-0.2, -0.15) is 0 Å². The summed E-state index contributed by atoms with van der Waals surface area (Å²) in [6.45, 7) is 6.98. The SMILES string of the molecule is CC(C)(C)c1ccc(CN)c(OC2CCCC2)n1. The van der Waals surface area contributed by atoms with Crippen molar-refractivity contribution >= 4 is 0 Å². The molecule has 0 amide bonds. The van der Waals surface area contributed by atoms with Crippen molar-refractivity contribution in [2.75, 3.05) is 0 Å². The topological polar surface area (TPSA) is 48.1 Å². The molecule has 18 heavy (non-hydrogen) atoms. The predicted octanol–water partition coefficient (Wildman–Crippen LogP) is 3.16. The highest BCUT2D eigenvalue weighted by molar-refractivity contribution is 5.30. The molecule has 0 unspecified atom stereocenters. The average Bonchev–Trinajstić information content (AvgIpc) is 2.80. The summed E-state index contributed by atoms with van der Waals surface area (Å²) in [4.78, 5) is 4.68. The molecular formula is C15H24N2O. The Morgan fingerprint density at radius 1 is 1.28 bits per heavy atom. The lowest BCUT2D eigenvalue weighted by Crippen LogP contribution is -2.18. The van der Waals surface area contributed by atoms with Gasteiger partial charge < -0.3 is 10.5 Å². The second-order valence-electron chi connectivity index (χ2n) is 6.14. The third-order valence-corrected chi connectivity index (χ3v) is 3.51. The van der Waals surface area contributed by atoms with E-state index in [1.807, 2.05) is 0 Å². The lowest BCUT2D eigenvalue weighted by Gasteiger charge is -2.21. The number of aromatic nitrogens is 1. The molecule has 100 valence electrons. The second kappa shape index (κ2) is 5.27. The molecule has 1 heterocycles. The van der Waals surface area contributed by atoms with E-state index in [-0.39, 0.29) is 5.41 Å². The monoisotopic (exact) mass is 248 g/mol. The van der Waals surface area contributed by atoms with Gasteiger partial charge in [-0.25, -0.2) is 4.98 Å². The fraction of sp³-hybridized carbons (Fsp3) is 0.667. The lowest BCUT2D eigenvalue weighted by atomic mass is 9.91. The maximum atomic E-state index is 6.04. The van der Waals surface area contributed by atoms with Crippen molar-refractivity contribution in [2.45, 2.75) is 64.5 Å². The van der Waals surface area contributed by atoms with Gasteiger partial charge in [0.1, 0.15) is 6.10 Å². The van der Waals surface area contributed by atoms with Gasteiger partial charge in [-0.3, -0.25) is 0 Å². The minimum absolute atomic E-state index is 0.0426. The minimum Gasteiger partial charge on any atom is -0.474 e. The van der Waals surface area contributed by atoms with Crippen LogP contribution in [-0.4, -0.2) is 11.1 Å². The summed E-state index contributed by atoms with van der Waals surface area (Å²) in [5.41, 5.74) is 7.88. The van der Waals surface area contributed by atoms with Crippen LogP contribution in [0.15, 0.2) is 12.1 Å². The summed E-state index contributed by atoms with van der Waals surface area (Å²) >= 11 is 0. The van der Waals surface area contributed by atoms with Crippen LogP contribution < -0.4 is 10.5 Å². The maximum Gasteiger partial charge on any atom is 0.218 e. The molecular weight excluding hydrogens is 224 g/mol. The molecule has 1 saturated carbocycles. The fourth-order valence-corrected chi connectivity index (χ4v) is 2.31. The summed E-state index contributed by atoms with van der Waals surface area (Å²) in [5, 5.41) is 0. The molecule has 0 saturated heterocycles. The molecule has 1 aliphatic rings. The second-order valence-corrected chi connectivity index (χ2v) is 6.14. The van der Waals surface area contributed by atoms with E-state index in [1.165, 1.54) is 12.8 Å². The van der Waals surface area contributed by atoms with Crippen LogP contribution in [0.4, 0.5) is 0 Å². The Kier molecular flexibility index (Phi) is 3.91. The summed E-state index contributed by atoms with van der Waals surface area (Å²) in [7, 11) is 0. The first-order chi connectivity index (χ1) is 8.50. The van der Waals surface area contributed by atoms with Gasteiger partial charge in [-0.1, -0.05) is 26.8 Å². The first kappa shape index (κ1) is 13.3. The van der Waals surface area contributed by atoms with Crippen LogP contribution in [0.25, 0.3) is 0 Å². The standard InChI is InChI=1S/C15H24N2O/c1-15(2,3)13-9-8-11(10-16)14(17-13)18-12-6-4-5-7-12/h8-9,12H,4-7,10,16H2,1-3H3. The van der Waals surface area contributed by atoms with Gasteiger partial charge in [0.15, 0.2) is 0 Å². The molecule has 0 radical (unpaired) electrons. The maximum absolute atomic E-state index is 6.04. The van der Waals surface area contributed by atoms with Gasteiger partial charge >= 0.3 is 0 Å². The molecule has 1 aliphatic carbocycles. The highest BCUT2D eigenvalue weighted by Gasteiger charge is 2.21. The number of nitrogens with two attached hydrogens (primary N) is 1. The van der Waals surface area contributed by atoms with E-state index < -0.39 is 0 Å². The normalized spacial score (nSPS) is 17.1. The molecule has 1 fully saturated rings. The van der Waals surface area contributed by atoms with Crippen molar-refractivity contribution in [1.29, 1.82) is 0 Å². The van der Waals surface area contributed by atoms with Gasteiger partial charge in [-0.15, -0.1) is 0 Å². The van der Waals surface area contributed by atoms with Crippen LogP contribution in [0.5, 0.6) is 5.88 Å². The molecule has 0 aliphatic heterocycles. The third-order valence-electron chi connectivity index (χ3n) is 3.51. The van der Waals surface area contributed by atoms with E-state index in [4.69, 9.17) is 10.5 Å². The Morgan fingerprint density at radius 3 is 2.50 bits per heavy atom. The molecule has 1 aromatic heterocycles. The van der Waals surface area contributed by atoms with Gasteiger partial charge in [0.25, 0.3) is 0 Å². The van der Waals surface area contributed by atoms with Crippen molar-refractivity contribution in [3.63, 3.8) is 0 Å². The summed E-state index contributed by atoms with van der Waals surface area (Å²) < 4.78 is 6.04. The molecule has 3 nitrogen and oxygen atoms in total. The summed E-state index contributed by atoms with van der Waals surface area (Å²) in [6.07, 6.45) is 5.15. The van der Waals surface area contributed by atoms with Crippen molar-refractivity contribution in [3.8, 4) is 5.88 Å². The Morgan fingerprint density at radius 2 is 1.94 bits per heavy atom. The average molecular weight is 248 g/mol. The number of rotatable bonds is 3. The van der Waals surface area contributed by atoms with Gasteiger partial charge in [-0.05, 0) is 31.7 Å². The third kappa shape index (κ3) is 3.02. The molecule has 2 rings (SSSR count). The van der Waals surface area contributed by atoms with Crippen LogP contribution >= 0.6 is 0 Å². The first-order valence-electron chi connectivity index (χ1n) is 6.88.